The lowest BCUT2D eigenvalue weighted by atomic mass is 10.1. The number of aromatic nitrogens is 1. The van der Waals surface area contributed by atoms with E-state index in [0.29, 0.717) is 0 Å². The van der Waals surface area contributed by atoms with Gasteiger partial charge in [-0.3, -0.25) is 0 Å². The van der Waals surface area contributed by atoms with Crippen LogP contribution >= 0.6 is 22.9 Å². The van der Waals surface area contributed by atoms with Crippen molar-refractivity contribution in [2.75, 3.05) is 0 Å². The molecule has 0 bridgehead atoms. The molecule has 1 aliphatic carbocycles. The summed E-state index contributed by atoms with van der Waals surface area (Å²) in [5.74, 6) is 0. The smallest absolute Gasteiger partial charge is 0.0904 e. The lowest BCUT2D eigenvalue weighted by Crippen LogP contribution is -1.82. The van der Waals surface area contributed by atoms with Crippen LogP contribution in [0.1, 0.15) is 15.4 Å². The summed E-state index contributed by atoms with van der Waals surface area (Å²) in [4.78, 5) is 5.89. The maximum atomic E-state index is 6.13. The van der Waals surface area contributed by atoms with Crippen LogP contribution in [0.4, 0.5) is 0 Å². The first kappa shape index (κ1) is 8.45. The van der Waals surface area contributed by atoms with Gasteiger partial charge in [0.1, 0.15) is 0 Å². The largest absolute Gasteiger partial charge is 0.241 e. The molecule has 2 aromatic rings. The van der Waals surface area contributed by atoms with Gasteiger partial charge in [-0.1, -0.05) is 23.7 Å². The molecule has 14 heavy (non-hydrogen) atoms. The van der Waals surface area contributed by atoms with E-state index in [4.69, 9.17) is 11.6 Å². The number of fused-ring (bicyclic) bond motifs is 3. The van der Waals surface area contributed by atoms with Crippen LogP contribution in [0.15, 0.2) is 18.2 Å². The second-order valence-corrected chi connectivity index (χ2v) is 5.14. The van der Waals surface area contributed by atoms with Crippen LogP contribution in [-0.4, -0.2) is 4.98 Å². The van der Waals surface area contributed by atoms with Crippen LogP contribution in [0.3, 0.4) is 0 Å². The zero-order valence-corrected chi connectivity index (χ0v) is 9.25. The highest BCUT2D eigenvalue weighted by Crippen LogP contribution is 2.41. The summed E-state index contributed by atoms with van der Waals surface area (Å²) < 4.78 is 0. The van der Waals surface area contributed by atoms with Crippen molar-refractivity contribution in [1.82, 2.24) is 4.98 Å². The quantitative estimate of drug-likeness (QED) is 0.565. The summed E-state index contributed by atoms with van der Waals surface area (Å²) in [7, 11) is 0. The molecule has 1 aromatic carbocycles. The normalized spacial score (nSPS) is 12.7. The summed E-state index contributed by atoms with van der Waals surface area (Å²) in [5, 5.41) is 2.01. The van der Waals surface area contributed by atoms with E-state index in [-0.39, 0.29) is 0 Å². The highest BCUT2D eigenvalue weighted by molar-refractivity contribution is 7.12. The van der Waals surface area contributed by atoms with Crippen LogP contribution in [-0.2, 0) is 6.42 Å². The maximum absolute atomic E-state index is 6.13. The maximum Gasteiger partial charge on any atom is 0.0904 e. The zero-order valence-electron chi connectivity index (χ0n) is 7.67. The molecule has 70 valence electrons. The molecular weight excluding hydrogens is 214 g/mol. The minimum absolute atomic E-state index is 0.866. The Balaban J connectivity index is 2.30. The van der Waals surface area contributed by atoms with E-state index in [2.05, 4.69) is 11.1 Å². The van der Waals surface area contributed by atoms with Gasteiger partial charge in [0.2, 0.25) is 0 Å². The minimum Gasteiger partial charge on any atom is -0.241 e. The fourth-order valence-electron chi connectivity index (χ4n) is 1.92. The summed E-state index contributed by atoms with van der Waals surface area (Å²) in [6.45, 7) is 2.05. The Morgan fingerprint density at radius 3 is 3.14 bits per heavy atom. The molecule has 0 saturated carbocycles. The molecule has 1 aromatic heterocycles. The van der Waals surface area contributed by atoms with Crippen LogP contribution in [0.5, 0.6) is 0 Å². The molecule has 0 radical (unpaired) electrons. The average molecular weight is 222 g/mol. The molecule has 0 atom stereocenters. The average Bonchev–Trinajstić information content (AvgIpc) is 2.63. The van der Waals surface area contributed by atoms with Gasteiger partial charge in [0, 0.05) is 21.9 Å². The first-order chi connectivity index (χ1) is 6.75. The molecule has 1 heterocycles. The molecule has 0 aliphatic heterocycles. The predicted molar refractivity (Wildman–Crippen MR) is 60.1 cm³/mol. The fourth-order valence-corrected chi connectivity index (χ4v) is 3.12. The standard InChI is InChI=1S/C11H8ClNS/c1-6-13-11-7-3-2-4-9(12)8(7)5-10(11)14-6/h2-4H,5H2,1H3. The SMILES string of the molecule is Cc1nc2c(s1)Cc1c(Cl)cccc1-2. The van der Waals surface area contributed by atoms with Crippen molar-refractivity contribution in [3.63, 3.8) is 0 Å². The molecular formula is C11H8ClNS. The van der Waals surface area contributed by atoms with E-state index in [0.717, 1.165) is 22.1 Å². The van der Waals surface area contributed by atoms with Crippen molar-refractivity contribution in [3.05, 3.63) is 38.7 Å². The first-order valence-corrected chi connectivity index (χ1v) is 5.69. The van der Waals surface area contributed by atoms with E-state index in [1.165, 1.54) is 16.0 Å². The highest BCUT2D eigenvalue weighted by atomic mass is 35.5. The lowest BCUT2D eigenvalue weighted by molar-refractivity contribution is 1.29. The molecule has 0 unspecified atom stereocenters. The lowest BCUT2D eigenvalue weighted by Gasteiger charge is -2.00. The molecule has 3 rings (SSSR count). The van der Waals surface area contributed by atoms with E-state index in [9.17, 15) is 0 Å². The Bertz CT molecular complexity index is 516. The zero-order chi connectivity index (χ0) is 9.71. The van der Waals surface area contributed by atoms with Crippen molar-refractivity contribution < 1.29 is 0 Å². The Labute approximate surface area is 91.4 Å². The van der Waals surface area contributed by atoms with E-state index < -0.39 is 0 Å². The number of halogens is 1. The summed E-state index contributed by atoms with van der Waals surface area (Å²) in [5.41, 5.74) is 3.60. The van der Waals surface area contributed by atoms with Crippen LogP contribution in [0.25, 0.3) is 11.3 Å². The number of nitrogens with zero attached hydrogens (tertiary/aromatic N) is 1. The van der Waals surface area contributed by atoms with Crippen molar-refractivity contribution in [3.8, 4) is 11.3 Å². The molecule has 0 saturated heterocycles. The fraction of sp³-hybridized carbons (Fsp3) is 0.182. The predicted octanol–water partition coefficient (Wildman–Crippen LogP) is 3.68. The van der Waals surface area contributed by atoms with Gasteiger partial charge in [-0.25, -0.2) is 4.98 Å². The van der Waals surface area contributed by atoms with Crippen LogP contribution < -0.4 is 0 Å². The molecule has 0 fully saturated rings. The van der Waals surface area contributed by atoms with Gasteiger partial charge in [0.25, 0.3) is 0 Å². The van der Waals surface area contributed by atoms with Crippen molar-refractivity contribution in [1.29, 1.82) is 0 Å². The van der Waals surface area contributed by atoms with Crippen molar-refractivity contribution in [2.24, 2.45) is 0 Å². The Morgan fingerprint density at radius 1 is 1.43 bits per heavy atom. The number of aryl methyl sites for hydroxylation is 1. The second-order valence-electron chi connectivity index (χ2n) is 3.45. The molecule has 1 nitrogen and oxygen atoms in total. The van der Waals surface area contributed by atoms with Crippen LogP contribution in [0.2, 0.25) is 5.02 Å². The molecule has 1 aliphatic rings. The van der Waals surface area contributed by atoms with Gasteiger partial charge >= 0.3 is 0 Å². The Hall–Kier alpha value is -0.860. The van der Waals surface area contributed by atoms with Gasteiger partial charge in [-0.15, -0.1) is 11.3 Å². The summed E-state index contributed by atoms with van der Waals surface area (Å²) in [6, 6.07) is 6.04. The third-order valence-corrected chi connectivity index (χ3v) is 3.84. The second kappa shape index (κ2) is 2.81. The molecule has 0 spiro atoms. The summed E-state index contributed by atoms with van der Waals surface area (Å²) in [6.07, 6.45) is 0.954. The van der Waals surface area contributed by atoms with Crippen LogP contribution in [0, 0.1) is 6.92 Å². The molecule has 3 heteroatoms. The number of thiazole rings is 1. The minimum atomic E-state index is 0.866. The van der Waals surface area contributed by atoms with E-state index in [1.807, 2.05) is 19.1 Å². The third kappa shape index (κ3) is 1.04. The Kier molecular flexibility index (Phi) is 1.70. The highest BCUT2D eigenvalue weighted by Gasteiger charge is 2.23. The number of hydrogen-bond donors (Lipinski definition) is 0. The van der Waals surface area contributed by atoms with Gasteiger partial charge in [-0.05, 0) is 18.6 Å². The van der Waals surface area contributed by atoms with Gasteiger partial charge < -0.3 is 0 Å². The monoisotopic (exact) mass is 221 g/mol. The van der Waals surface area contributed by atoms with E-state index >= 15 is 0 Å². The molecule has 0 N–H and O–H groups in total. The van der Waals surface area contributed by atoms with Gasteiger partial charge in [0.05, 0.1) is 10.7 Å². The third-order valence-electron chi connectivity index (χ3n) is 2.52. The van der Waals surface area contributed by atoms with Gasteiger partial charge in [0.15, 0.2) is 0 Å². The number of rotatable bonds is 0. The van der Waals surface area contributed by atoms with Crippen molar-refractivity contribution in [2.45, 2.75) is 13.3 Å². The topological polar surface area (TPSA) is 12.9 Å². The summed E-state index contributed by atoms with van der Waals surface area (Å²) >= 11 is 7.91. The number of benzene rings is 1. The van der Waals surface area contributed by atoms with Gasteiger partial charge in [-0.2, -0.15) is 0 Å². The molecule has 0 amide bonds. The Morgan fingerprint density at radius 2 is 2.29 bits per heavy atom. The van der Waals surface area contributed by atoms with Crippen molar-refractivity contribution >= 4 is 22.9 Å². The number of hydrogen-bond acceptors (Lipinski definition) is 2. The van der Waals surface area contributed by atoms with E-state index in [1.54, 1.807) is 11.3 Å². The first-order valence-electron chi connectivity index (χ1n) is 4.50.